The molecule has 2 aromatic carbocycles. The van der Waals surface area contributed by atoms with E-state index in [-0.39, 0.29) is 41.5 Å². The maximum absolute atomic E-state index is 13.3. The van der Waals surface area contributed by atoms with Crippen LogP contribution in [0.5, 0.6) is 28.7 Å². The van der Waals surface area contributed by atoms with E-state index in [4.69, 9.17) is 23.7 Å². The maximum atomic E-state index is 13.3. The first-order chi connectivity index (χ1) is 19.1. The number of fused-ring (bicyclic) bond motifs is 3. The SMILES string of the molecule is COc1cc([C@@H]2c3cc4c(cc3[C@@H](SSCCCN3CCCCC3)[C@H]3COC(=O)[C@H]23)OCO4)cc(OC)c1O. The molecule has 1 N–H and O–H groups in total. The summed E-state index contributed by atoms with van der Waals surface area (Å²) in [4.78, 5) is 15.9. The second kappa shape index (κ2) is 11.6. The molecule has 210 valence electrons. The standard InChI is InChI=1S/C29H35NO7S2/c1-33-23-11-17(12-24(34-2)27(23)31)25-18-13-21-22(37-16-36-21)14-19(18)28(20-15-35-29(32)26(20)25)39-38-10-6-9-30-7-4-3-5-8-30/h11-14,20,25-26,28,31H,3-10,15-16H2,1-2H3/t20-,25+,26-,28+/m0/s1. The summed E-state index contributed by atoms with van der Waals surface area (Å²) < 4.78 is 28.2. The summed E-state index contributed by atoms with van der Waals surface area (Å²) in [6.45, 7) is 4.15. The number of esters is 1. The van der Waals surface area contributed by atoms with Crippen molar-refractivity contribution in [3.63, 3.8) is 0 Å². The molecule has 3 heterocycles. The zero-order valence-corrected chi connectivity index (χ0v) is 24.0. The number of aromatic hydroxyl groups is 1. The number of likely N-dealkylation sites (tertiary alicyclic amines) is 1. The molecule has 4 aliphatic rings. The Morgan fingerprint density at radius 1 is 0.974 bits per heavy atom. The summed E-state index contributed by atoms with van der Waals surface area (Å²) in [5.74, 6) is 2.13. The highest BCUT2D eigenvalue weighted by Crippen LogP contribution is 2.60. The van der Waals surface area contributed by atoms with Crippen molar-refractivity contribution in [2.45, 2.75) is 36.9 Å². The van der Waals surface area contributed by atoms with Gasteiger partial charge >= 0.3 is 5.97 Å². The van der Waals surface area contributed by atoms with Crippen molar-refractivity contribution in [1.29, 1.82) is 0 Å². The molecule has 8 nitrogen and oxygen atoms in total. The summed E-state index contributed by atoms with van der Waals surface area (Å²) in [7, 11) is 6.74. The molecule has 0 saturated carbocycles. The van der Waals surface area contributed by atoms with Gasteiger partial charge in [0.1, 0.15) is 0 Å². The van der Waals surface area contributed by atoms with Crippen molar-refractivity contribution in [2.75, 3.05) is 53.0 Å². The first kappa shape index (κ1) is 26.8. The number of piperidine rings is 1. The number of cyclic esters (lactones) is 1. The number of hydrogen-bond acceptors (Lipinski definition) is 10. The molecule has 0 amide bonds. The van der Waals surface area contributed by atoms with Crippen LogP contribution in [0.4, 0.5) is 0 Å². The number of carbonyl (C=O) groups excluding carboxylic acids is 1. The minimum Gasteiger partial charge on any atom is -0.502 e. The van der Waals surface area contributed by atoms with Crippen molar-refractivity contribution < 1.29 is 33.6 Å². The van der Waals surface area contributed by atoms with Crippen LogP contribution in [-0.4, -0.2) is 69.0 Å². The Morgan fingerprint density at radius 3 is 2.36 bits per heavy atom. The number of benzene rings is 2. The first-order valence-electron chi connectivity index (χ1n) is 13.6. The second-order valence-electron chi connectivity index (χ2n) is 10.5. The van der Waals surface area contributed by atoms with Gasteiger partial charge in [-0.25, -0.2) is 0 Å². The molecule has 6 rings (SSSR count). The third-order valence-corrected chi connectivity index (χ3v) is 11.2. The number of methoxy groups -OCH3 is 2. The van der Waals surface area contributed by atoms with E-state index in [1.165, 1.54) is 46.6 Å². The van der Waals surface area contributed by atoms with Crippen molar-refractivity contribution in [3.05, 3.63) is 41.0 Å². The highest BCUT2D eigenvalue weighted by atomic mass is 33.1. The molecule has 0 aromatic heterocycles. The van der Waals surface area contributed by atoms with Crippen LogP contribution < -0.4 is 18.9 Å². The Balaban J connectivity index is 1.32. The number of hydrogen-bond donors (Lipinski definition) is 1. The molecule has 0 radical (unpaired) electrons. The van der Waals surface area contributed by atoms with Crippen LogP contribution >= 0.6 is 21.6 Å². The van der Waals surface area contributed by atoms with Gasteiger partial charge in [0.15, 0.2) is 23.0 Å². The van der Waals surface area contributed by atoms with Crippen LogP contribution in [0.25, 0.3) is 0 Å². The number of nitrogens with zero attached hydrogens (tertiary/aromatic N) is 1. The van der Waals surface area contributed by atoms with Crippen LogP contribution in [-0.2, 0) is 9.53 Å². The fourth-order valence-electron chi connectivity index (χ4n) is 6.38. The molecular weight excluding hydrogens is 538 g/mol. The van der Waals surface area contributed by atoms with E-state index in [9.17, 15) is 9.90 Å². The largest absolute Gasteiger partial charge is 0.502 e. The first-order valence-corrected chi connectivity index (χ1v) is 16.0. The third kappa shape index (κ3) is 5.11. The monoisotopic (exact) mass is 573 g/mol. The van der Waals surface area contributed by atoms with Crippen molar-refractivity contribution in [3.8, 4) is 28.7 Å². The normalized spacial score (nSPS) is 25.6. The average molecular weight is 574 g/mol. The Bertz CT molecular complexity index is 1190. The van der Waals surface area contributed by atoms with Gasteiger partial charge < -0.3 is 33.7 Å². The predicted molar refractivity (Wildman–Crippen MR) is 151 cm³/mol. The summed E-state index contributed by atoms with van der Waals surface area (Å²) in [6.07, 6.45) is 5.13. The van der Waals surface area contributed by atoms with E-state index in [2.05, 4.69) is 11.0 Å². The van der Waals surface area contributed by atoms with E-state index < -0.39 is 0 Å². The number of ether oxygens (including phenoxy) is 5. The minimum atomic E-state index is -0.372. The Hall–Kier alpha value is -2.43. The Kier molecular flexibility index (Phi) is 7.95. The third-order valence-electron chi connectivity index (χ3n) is 8.30. The number of phenols is 1. The lowest BCUT2D eigenvalue weighted by Gasteiger charge is -2.38. The fraction of sp³-hybridized carbons (Fsp3) is 0.552. The van der Waals surface area contributed by atoms with Gasteiger partial charge in [0, 0.05) is 22.8 Å². The van der Waals surface area contributed by atoms with Crippen LogP contribution in [0.1, 0.15) is 53.5 Å². The molecule has 2 saturated heterocycles. The smallest absolute Gasteiger partial charge is 0.310 e. The molecule has 0 unspecified atom stereocenters. The quantitative estimate of drug-likeness (QED) is 0.240. The highest BCUT2D eigenvalue weighted by Gasteiger charge is 2.53. The zero-order chi connectivity index (χ0) is 26.9. The molecule has 39 heavy (non-hydrogen) atoms. The van der Waals surface area contributed by atoms with Gasteiger partial charge in [0.2, 0.25) is 12.5 Å². The van der Waals surface area contributed by atoms with Gasteiger partial charge in [-0.05, 0) is 79.9 Å². The number of phenolic OH excluding ortho intramolecular Hbond substituents is 1. The molecule has 10 heteroatoms. The molecule has 4 atom stereocenters. The van der Waals surface area contributed by atoms with E-state index in [0.29, 0.717) is 23.9 Å². The maximum Gasteiger partial charge on any atom is 0.310 e. The van der Waals surface area contributed by atoms with Crippen molar-refractivity contribution in [2.24, 2.45) is 11.8 Å². The topological polar surface area (TPSA) is 86.7 Å². The lowest BCUT2D eigenvalue weighted by atomic mass is 9.67. The zero-order valence-electron chi connectivity index (χ0n) is 22.4. The van der Waals surface area contributed by atoms with Crippen molar-refractivity contribution >= 4 is 27.6 Å². The van der Waals surface area contributed by atoms with Crippen LogP contribution in [0, 0.1) is 11.8 Å². The molecule has 2 fully saturated rings. The molecule has 1 aliphatic carbocycles. The molecule has 2 aromatic rings. The van der Waals surface area contributed by atoms with Gasteiger partial charge in [-0.1, -0.05) is 28.0 Å². The summed E-state index contributed by atoms with van der Waals surface area (Å²) in [6, 6.07) is 7.69. The number of rotatable bonds is 9. The van der Waals surface area contributed by atoms with Gasteiger partial charge in [-0.2, -0.15) is 0 Å². The van der Waals surface area contributed by atoms with Gasteiger partial charge in [-0.3, -0.25) is 4.79 Å². The summed E-state index contributed by atoms with van der Waals surface area (Å²) in [5, 5.41) is 10.6. The number of carbonyl (C=O) groups is 1. The van der Waals surface area contributed by atoms with Crippen molar-refractivity contribution in [1.82, 2.24) is 4.90 Å². The van der Waals surface area contributed by atoms with Gasteiger partial charge in [0.05, 0.1) is 26.7 Å². The van der Waals surface area contributed by atoms with Crippen LogP contribution in [0.2, 0.25) is 0 Å². The minimum absolute atomic E-state index is 0.000703. The second-order valence-corrected chi connectivity index (χ2v) is 13.1. The lowest BCUT2D eigenvalue weighted by molar-refractivity contribution is -0.141. The molecular formula is C29H35NO7S2. The molecule has 0 spiro atoms. The fourth-order valence-corrected chi connectivity index (χ4v) is 9.39. The van der Waals surface area contributed by atoms with E-state index in [1.807, 2.05) is 27.7 Å². The Labute approximate surface area is 237 Å². The van der Waals surface area contributed by atoms with Crippen LogP contribution in [0.15, 0.2) is 24.3 Å². The molecule has 0 bridgehead atoms. The van der Waals surface area contributed by atoms with Gasteiger partial charge in [0.25, 0.3) is 0 Å². The average Bonchev–Trinajstić information content (AvgIpc) is 3.58. The predicted octanol–water partition coefficient (Wildman–Crippen LogP) is 5.37. The van der Waals surface area contributed by atoms with Gasteiger partial charge in [-0.15, -0.1) is 0 Å². The lowest BCUT2D eigenvalue weighted by Crippen LogP contribution is -2.33. The van der Waals surface area contributed by atoms with Crippen LogP contribution in [0.3, 0.4) is 0 Å². The van der Waals surface area contributed by atoms with E-state index >= 15 is 0 Å². The highest BCUT2D eigenvalue weighted by molar-refractivity contribution is 8.76. The van der Waals surface area contributed by atoms with E-state index in [0.717, 1.165) is 41.2 Å². The van der Waals surface area contributed by atoms with E-state index in [1.54, 1.807) is 12.1 Å². The summed E-state index contributed by atoms with van der Waals surface area (Å²) >= 11 is 0. The molecule has 3 aliphatic heterocycles. The Morgan fingerprint density at radius 2 is 1.67 bits per heavy atom. The summed E-state index contributed by atoms with van der Waals surface area (Å²) in [5.41, 5.74) is 2.98.